The second kappa shape index (κ2) is 10.0. The molecule has 0 saturated heterocycles. The summed E-state index contributed by atoms with van der Waals surface area (Å²) in [7, 11) is 0. The highest BCUT2D eigenvalue weighted by molar-refractivity contribution is 6.27. The molecular weight excluding hydrogens is 465 g/mol. The number of halogens is 3. The minimum absolute atomic E-state index is 0.0191. The van der Waals surface area contributed by atoms with Crippen molar-refractivity contribution >= 4 is 23.6 Å². The second-order valence-corrected chi connectivity index (χ2v) is 8.05. The van der Waals surface area contributed by atoms with Crippen molar-refractivity contribution in [2.45, 2.75) is 32.5 Å². The lowest BCUT2D eigenvalue weighted by molar-refractivity contribution is -0.141. The van der Waals surface area contributed by atoms with Crippen LogP contribution < -0.4 is 0 Å². The number of carbonyl (C=O) groups excluding carboxylic acids is 3. The highest BCUT2D eigenvalue weighted by Crippen LogP contribution is 2.36. The van der Waals surface area contributed by atoms with E-state index in [2.05, 4.69) is 0 Å². The maximum atomic E-state index is 13.1. The van der Waals surface area contributed by atoms with Crippen molar-refractivity contribution in [3.63, 3.8) is 0 Å². The van der Waals surface area contributed by atoms with Gasteiger partial charge < -0.3 is 14.9 Å². The number of hydrogen-bond acceptors (Lipinski definition) is 6. The Bertz CT molecular complexity index is 1280. The molecule has 0 heterocycles. The Labute approximate surface area is 198 Å². The van der Waals surface area contributed by atoms with Gasteiger partial charge in [0, 0.05) is 18.1 Å². The van der Waals surface area contributed by atoms with Gasteiger partial charge in [-0.1, -0.05) is 23.8 Å². The number of esters is 1. The maximum absolute atomic E-state index is 13.1. The van der Waals surface area contributed by atoms with E-state index < -0.39 is 52.4 Å². The van der Waals surface area contributed by atoms with Gasteiger partial charge in [0.05, 0.1) is 16.7 Å². The van der Waals surface area contributed by atoms with E-state index in [1.54, 1.807) is 19.9 Å². The predicted molar refractivity (Wildman–Crippen MR) is 121 cm³/mol. The topological polar surface area (TPSA) is 101 Å². The third-order valence-corrected chi connectivity index (χ3v) is 5.15. The highest BCUT2D eigenvalue weighted by atomic mass is 19.4. The highest BCUT2D eigenvalue weighted by Gasteiger charge is 2.35. The number of phenolic OH excluding ortho intramolecular Hbond substituents is 2. The predicted octanol–water partition coefficient (Wildman–Crippen LogP) is 5.40. The van der Waals surface area contributed by atoms with Crippen molar-refractivity contribution < 1.29 is 42.5 Å². The Hall–Kier alpha value is -4.14. The fraction of sp³-hybridized carbons (Fsp3) is 0.192. The number of ketones is 2. The molecule has 2 aromatic rings. The van der Waals surface area contributed by atoms with Gasteiger partial charge in [-0.25, -0.2) is 4.79 Å². The first-order valence-corrected chi connectivity index (χ1v) is 10.4. The first-order chi connectivity index (χ1) is 16.4. The van der Waals surface area contributed by atoms with Crippen LogP contribution in [0.1, 0.15) is 52.1 Å². The molecule has 3 rings (SSSR count). The number of phenols is 2. The molecule has 6 nitrogen and oxygen atoms in total. The molecule has 1 aliphatic carbocycles. The maximum Gasteiger partial charge on any atom is 0.416 e. The molecule has 0 unspecified atom stereocenters. The summed E-state index contributed by atoms with van der Waals surface area (Å²) < 4.78 is 44.1. The lowest BCUT2D eigenvalue weighted by atomic mass is 9.85. The fourth-order valence-corrected chi connectivity index (χ4v) is 3.47. The Morgan fingerprint density at radius 3 is 2.34 bits per heavy atom. The molecule has 0 aromatic heterocycles. The summed E-state index contributed by atoms with van der Waals surface area (Å²) in [5, 5.41) is 20.1. The molecule has 0 spiro atoms. The molecule has 0 amide bonds. The van der Waals surface area contributed by atoms with Crippen LogP contribution in [0.25, 0.3) is 6.08 Å². The van der Waals surface area contributed by atoms with E-state index >= 15 is 0 Å². The van der Waals surface area contributed by atoms with Gasteiger partial charge in [0.15, 0.2) is 11.6 Å². The van der Waals surface area contributed by atoms with Gasteiger partial charge in [0.25, 0.3) is 0 Å². The van der Waals surface area contributed by atoms with E-state index in [9.17, 15) is 37.8 Å². The quantitative estimate of drug-likeness (QED) is 0.245. The zero-order valence-corrected chi connectivity index (χ0v) is 18.7. The summed E-state index contributed by atoms with van der Waals surface area (Å²) >= 11 is 0. The summed E-state index contributed by atoms with van der Waals surface area (Å²) in [5.41, 5.74) is -0.896. The molecule has 0 aliphatic heterocycles. The molecule has 0 radical (unpaired) electrons. The molecule has 35 heavy (non-hydrogen) atoms. The molecule has 182 valence electrons. The molecular formula is C26H21F3O6. The van der Waals surface area contributed by atoms with Gasteiger partial charge in [0.2, 0.25) is 0 Å². The largest absolute Gasteiger partial charge is 0.507 e. The summed E-state index contributed by atoms with van der Waals surface area (Å²) in [6.45, 7) is 3.54. The number of hydrogen-bond donors (Lipinski definition) is 2. The number of rotatable bonds is 6. The molecule has 2 N–H and O–H groups in total. The molecule has 0 fully saturated rings. The average molecular weight is 486 g/mol. The second-order valence-electron chi connectivity index (χ2n) is 8.05. The number of benzene rings is 2. The summed E-state index contributed by atoms with van der Waals surface area (Å²) in [6.07, 6.45) is -1.09. The van der Waals surface area contributed by atoms with Gasteiger partial charge in [0.1, 0.15) is 17.6 Å². The Morgan fingerprint density at radius 1 is 1.06 bits per heavy atom. The monoisotopic (exact) mass is 486 g/mol. The third-order valence-electron chi connectivity index (χ3n) is 5.15. The smallest absolute Gasteiger partial charge is 0.416 e. The first-order valence-electron chi connectivity index (χ1n) is 10.4. The molecule has 1 aliphatic rings. The van der Waals surface area contributed by atoms with E-state index in [1.165, 1.54) is 12.1 Å². The molecule has 9 heteroatoms. The van der Waals surface area contributed by atoms with Crippen molar-refractivity contribution in [3.05, 3.63) is 88.0 Å². The zero-order chi connectivity index (χ0) is 25.9. The van der Waals surface area contributed by atoms with E-state index in [1.807, 2.05) is 0 Å². The van der Waals surface area contributed by atoms with Crippen molar-refractivity contribution in [2.24, 2.45) is 0 Å². The van der Waals surface area contributed by atoms with Gasteiger partial charge in [-0.05, 0) is 55.8 Å². The number of aromatic hydroxyl groups is 2. The van der Waals surface area contributed by atoms with E-state index in [0.717, 1.165) is 48.1 Å². The van der Waals surface area contributed by atoms with Crippen molar-refractivity contribution in [3.8, 4) is 11.5 Å². The number of alkyl halides is 3. The lowest BCUT2D eigenvalue weighted by Gasteiger charge is -2.23. The third kappa shape index (κ3) is 5.87. The summed E-state index contributed by atoms with van der Waals surface area (Å²) in [4.78, 5) is 38.2. The van der Waals surface area contributed by atoms with Crippen LogP contribution in [0, 0.1) is 0 Å². The van der Waals surface area contributed by atoms with Gasteiger partial charge >= 0.3 is 12.1 Å². The van der Waals surface area contributed by atoms with Gasteiger partial charge in [-0.3, -0.25) is 9.59 Å². The van der Waals surface area contributed by atoms with Gasteiger partial charge in [-0.15, -0.1) is 0 Å². The molecule has 1 atom stereocenters. The minimum Gasteiger partial charge on any atom is -0.507 e. The van der Waals surface area contributed by atoms with Crippen LogP contribution in [0.5, 0.6) is 11.5 Å². The number of Topliss-reactive ketones (excluding diaryl/α,β-unsaturated/α-hetero) is 1. The fourth-order valence-electron chi connectivity index (χ4n) is 3.47. The van der Waals surface area contributed by atoms with E-state index in [4.69, 9.17) is 4.74 Å². The van der Waals surface area contributed by atoms with Crippen LogP contribution in [-0.4, -0.2) is 33.9 Å². The molecule has 0 bridgehead atoms. The van der Waals surface area contributed by atoms with Crippen LogP contribution in [-0.2, 0) is 15.7 Å². The van der Waals surface area contributed by atoms with Crippen molar-refractivity contribution in [1.82, 2.24) is 0 Å². The minimum atomic E-state index is -4.55. The Morgan fingerprint density at radius 2 is 1.71 bits per heavy atom. The van der Waals surface area contributed by atoms with Crippen LogP contribution in [0.15, 0.2) is 65.8 Å². The normalized spacial score (nSPS) is 14.4. The summed E-state index contributed by atoms with van der Waals surface area (Å²) in [5.74, 6) is -3.50. The first kappa shape index (κ1) is 25.5. The Kier molecular flexibility index (Phi) is 7.28. The molecule has 0 saturated carbocycles. The van der Waals surface area contributed by atoms with Crippen molar-refractivity contribution in [1.29, 1.82) is 0 Å². The lowest BCUT2D eigenvalue weighted by Crippen LogP contribution is -2.28. The number of fused-ring (bicyclic) bond motifs is 1. The van der Waals surface area contributed by atoms with Gasteiger partial charge in [-0.2, -0.15) is 13.2 Å². The number of ether oxygens (including phenoxy) is 1. The Balaban J connectivity index is 1.89. The number of carbonyl (C=O) groups is 3. The zero-order valence-electron chi connectivity index (χ0n) is 18.7. The van der Waals surface area contributed by atoms with Crippen LogP contribution in [0.2, 0.25) is 0 Å². The standard InChI is InChI=1S/C26H21F3O6/c1-14(2)6-10-21(17-13-20(32)23-18(30)8-9-19(31)24(23)25(17)34)35-22(33)11-7-15-4-3-5-16(12-15)26(27,28)29/h3-9,11-13,21,30-31H,10H2,1-2H3/b11-7-/t21-/m1/s1. The molecule has 2 aromatic carbocycles. The summed E-state index contributed by atoms with van der Waals surface area (Å²) in [6, 6.07) is 6.48. The van der Waals surface area contributed by atoms with Crippen molar-refractivity contribution in [2.75, 3.05) is 0 Å². The van der Waals surface area contributed by atoms with Crippen LogP contribution in [0.4, 0.5) is 13.2 Å². The van der Waals surface area contributed by atoms with Crippen LogP contribution >= 0.6 is 0 Å². The van der Waals surface area contributed by atoms with E-state index in [0.29, 0.717) is 0 Å². The van der Waals surface area contributed by atoms with Crippen LogP contribution in [0.3, 0.4) is 0 Å². The SMILES string of the molecule is CC(C)=CC[C@@H](OC(=O)/C=C\c1cccc(C(F)(F)F)c1)C1=CC(=O)c2c(O)ccc(O)c2C1=O. The number of allylic oxidation sites excluding steroid dienone is 2. The van der Waals surface area contributed by atoms with E-state index in [-0.39, 0.29) is 23.1 Å². The average Bonchev–Trinajstić information content (AvgIpc) is 2.78.